The lowest BCUT2D eigenvalue weighted by Gasteiger charge is -2.33. The van der Waals surface area contributed by atoms with Crippen molar-refractivity contribution < 1.29 is 0 Å². The Bertz CT molecular complexity index is 3270. The van der Waals surface area contributed by atoms with Crippen molar-refractivity contribution in [2.75, 3.05) is 0 Å². The Morgan fingerprint density at radius 3 is 1.54 bits per heavy atom. The number of rotatable bonds is 4. The summed E-state index contributed by atoms with van der Waals surface area (Å²) in [7, 11) is 0. The van der Waals surface area contributed by atoms with Crippen molar-refractivity contribution in [2.24, 2.45) is 9.98 Å². The molecule has 2 aliphatic rings. The van der Waals surface area contributed by atoms with E-state index in [0.717, 1.165) is 17.0 Å². The number of aromatic nitrogens is 2. The minimum absolute atomic E-state index is 0.0252. The van der Waals surface area contributed by atoms with Crippen LogP contribution in [0.5, 0.6) is 0 Å². The molecule has 4 heteroatoms. The van der Waals surface area contributed by atoms with Crippen LogP contribution >= 0.6 is 0 Å². The molecule has 0 amide bonds. The number of aliphatic imine (C=N–C) groups is 2. The van der Waals surface area contributed by atoms with Crippen molar-refractivity contribution in [2.45, 2.75) is 12.1 Å². The predicted octanol–water partition coefficient (Wildman–Crippen LogP) is 12.9. The lowest BCUT2D eigenvalue weighted by atomic mass is 9.79. The molecule has 3 heterocycles. The van der Waals surface area contributed by atoms with Gasteiger partial charge in [0.05, 0.1) is 27.8 Å². The second-order valence-electron chi connectivity index (χ2n) is 14.9. The van der Waals surface area contributed by atoms with Crippen LogP contribution in [0.4, 0.5) is 0 Å². The molecular weight excluding hydrogens is 681 g/mol. The Labute approximate surface area is 324 Å². The molecule has 0 bridgehead atoms. The summed E-state index contributed by atoms with van der Waals surface area (Å²) in [6, 6.07) is 68.0. The van der Waals surface area contributed by atoms with E-state index in [-0.39, 0.29) is 12.1 Å². The summed E-state index contributed by atoms with van der Waals surface area (Å²) in [6.07, 6.45) is 1.98. The monoisotopic (exact) mass is 714 g/mol. The molecule has 0 radical (unpaired) electrons. The molecule has 0 spiro atoms. The van der Waals surface area contributed by atoms with Crippen LogP contribution in [0.15, 0.2) is 198 Å². The normalized spacial score (nSPS) is 15.9. The fourth-order valence-electron chi connectivity index (χ4n) is 9.37. The lowest BCUT2D eigenvalue weighted by Crippen LogP contribution is -2.22. The summed E-state index contributed by atoms with van der Waals surface area (Å²) >= 11 is 0. The third kappa shape index (κ3) is 4.59. The van der Waals surface area contributed by atoms with Crippen molar-refractivity contribution in [3.05, 3.63) is 205 Å². The molecule has 56 heavy (non-hydrogen) atoms. The van der Waals surface area contributed by atoms with Gasteiger partial charge in [0.2, 0.25) is 0 Å². The minimum Gasteiger partial charge on any atom is -0.309 e. The van der Waals surface area contributed by atoms with E-state index in [0.29, 0.717) is 0 Å². The van der Waals surface area contributed by atoms with Crippen LogP contribution in [0.2, 0.25) is 0 Å². The summed E-state index contributed by atoms with van der Waals surface area (Å²) in [6.45, 7) is 0. The zero-order chi connectivity index (χ0) is 36.7. The number of nitrogens with zero attached hydrogens (tertiary/aromatic N) is 4. The molecule has 0 saturated carbocycles. The lowest BCUT2D eigenvalue weighted by molar-refractivity contribution is 0.570. The molecule has 1 aliphatic carbocycles. The van der Waals surface area contributed by atoms with Gasteiger partial charge >= 0.3 is 0 Å². The van der Waals surface area contributed by atoms with Gasteiger partial charge in [-0.2, -0.15) is 0 Å². The van der Waals surface area contributed by atoms with Crippen molar-refractivity contribution in [1.29, 1.82) is 0 Å². The molecule has 0 fully saturated rings. The van der Waals surface area contributed by atoms with E-state index < -0.39 is 0 Å². The van der Waals surface area contributed by atoms with Crippen LogP contribution < -0.4 is 0 Å². The quantitative estimate of drug-likeness (QED) is 0.174. The topological polar surface area (TPSA) is 34.6 Å². The molecule has 0 saturated heterocycles. The summed E-state index contributed by atoms with van der Waals surface area (Å²) < 4.78 is 4.76. The highest BCUT2D eigenvalue weighted by molar-refractivity contribution is 6.38. The maximum absolute atomic E-state index is 5.42. The van der Waals surface area contributed by atoms with E-state index in [1.54, 1.807) is 0 Å². The van der Waals surface area contributed by atoms with Gasteiger partial charge in [-0.05, 0) is 94.0 Å². The number of para-hydroxylation sites is 3. The highest BCUT2D eigenvalue weighted by Gasteiger charge is 2.35. The molecule has 1 aliphatic heterocycles. The first-order chi connectivity index (χ1) is 27.8. The molecule has 12 rings (SSSR count). The second kappa shape index (κ2) is 12.1. The van der Waals surface area contributed by atoms with Gasteiger partial charge in [-0.25, -0.2) is 0 Å². The Hall–Kier alpha value is -7.30. The number of benzene rings is 8. The molecule has 4 nitrogen and oxygen atoms in total. The van der Waals surface area contributed by atoms with Crippen LogP contribution in [0.3, 0.4) is 0 Å². The van der Waals surface area contributed by atoms with E-state index >= 15 is 0 Å². The molecule has 8 aromatic carbocycles. The van der Waals surface area contributed by atoms with Gasteiger partial charge in [-0.3, -0.25) is 9.98 Å². The average Bonchev–Trinajstić information content (AvgIpc) is 3.79. The van der Waals surface area contributed by atoms with E-state index in [2.05, 4.69) is 197 Å². The SMILES string of the molecule is C1=NC2c3ccccc3-c3ccccc3C2N=C1c1cccc(-n2c3ccccc3c3cc(-c4ccc5c(c4)c4ccccc4n5-c4ccccc4)ccc32)c1. The fraction of sp³-hybridized carbons (Fsp3) is 0.0385. The molecule has 10 aromatic rings. The van der Waals surface area contributed by atoms with Gasteiger partial charge in [-0.15, -0.1) is 0 Å². The van der Waals surface area contributed by atoms with Crippen LogP contribution in [-0.4, -0.2) is 21.1 Å². The van der Waals surface area contributed by atoms with Crippen molar-refractivity contribution in [3.8, 4) is 33.6 Å². The van der Waals surface area contributed by atoms with Gasteiger partial charge in [0.25, 0.3) is 0 Å². The first kappa shape index (κ1) is 31.1. The highest BCUT2D eigenvalue weighted by Crippen LogP contribution is 2.49. The standard InChI is InChI=1S/C52H34N4/c1-2-14-36(15-3-1)55-47-23-10-8-19-40(47)44-30-33(25-27-49(44)55)34-26-28-50-45(31-34)41-20-9-11-24-48(41)56(50)37-16-12-13-35(29-37)46-32-53-51-42-21-6-4-17-38(42)39-18-5-7-22-43(39)52(51)54-46/h1-32,51-52H. The van der Waals surface area contributed by atoms with Crippen molar-refractivity contribution >= 4 is 55.5 Å². The van der Waals surface area contributed by atoms with Crippen LogP contribution in [-0.2, 0) is 0 Å². The predicted molar refractivity (Wildman–Crippen MR) is 233 cm³/mol. The third-order valence-corrected chi connectivity index (χ3v) is 11.9. The van der Waals surface area contributed by atoms with Crippen LogP contribution in [0.25, 0.3) is 77.2 Å². The molecule has 262 valence electrons. The van der Waals surface area contributed by atoms with Gasteiger partial charge in [0.15, 0.2) is 0 Å². The first-order valence-electron chi connectivity index (χ1n) is 19.3. The summed E-state index contributed by atoms with van der Waals surface area (Å²) in [5.41, 5.74) is 16.4. The average molecular weight is 715 g/mol. The summed E-state index contributed by atoms with van der Waals surface area (Å²) in [5, 5.41) is 4.97. The van der Waals surface area contributed by atoms with Gasteiger partial charge in [-0.1, -0.05) is 127 Å². The van der Waals surface area contributed by atoms with Gasteiger partial charge in [0, 0.05) is 44.7 Å². The molecule has 2 aromatic heterocycles. The zero-order valence-electron chi connectivity index (χ0n) is 30.4. The Morgan fingerprint density at radius 1 is 0.357 bits per heavy atom. The number of hydrogen-bond acceptors (Lipinski definition) is 2. The number of hydrogen-bond donors (Lipinski definition) is 0. The van der Waals surface area contributed by atoms with Crippen molar-refractivity contribution in [3.63, 3.8) is 0 Å². The molecule has 0 N–H and O–H groups in total. The first-order valence-corrected chi connectivity index (χ1v) is 19.3. The van der Waals surface area contributed by atoms with E-state index in [4.69, 9.17) is 9.98 Å². The van der Waals surface area contributed by atoms with Crippen LogP contribution in [0.1, 0.15) is 28.8 Å². The van der Waals surface area contributed by atoms with Crippen LogP contribution in [0, 0.1) is 0 Å². The minimum atomic E-state index is -0.0643. The van der Waals surface area contributed by atoms with E-state index in [9.17, 15) is 0 Å². The smallest absolute Gasteiger partial charge is 0.103 e. The zero-order valence-corrected chi connectivity index (χ0v) is 30.4. The van der Waals surface area contributed by atoms with Gasteiger partial charge < -0.3 is 9.13 Å². The summed E-state index contributed by atoms with van der Waals surface area (Å²) in [5.74, 6) is 0. The summed E-state index contributed by atoms with van der Waals surface area (Å²) in [4.78, 5) is 10.6. The molecule has 2 atom stereocenters. The molecular formula is C52H34N4. The Kier molecular flexibility index (Phi) is 6.72. The maximum atomic E-state index is 5.42. The Balaban J connectivity index is 0.965. The van der Waals surface area contributed by atoms with E-state index in [1.165, 1.54) is 82.7 Å². The molecule has 2 unspecified atom stereocenters. The Morgan fingerprint density at radius 2 is 0.875 bits per heavy atom. The van der Waals surface area contributed by atoms with Crippen molar-refractivity contribution in [1.82, 2.24) is 9.13 Å². The third-order valence-electron chi connectivity index (χ3n) is 11.9. The fourth-order valence-corrected chi connectivity index (χ4v) is 9.37. The van der Waals surface area contributed by atoms with E-state index in [1.807, 2.05) is 6.21 Å². The second-order valence-corrected chi connectivity index (χ2v) is 14.9. The van der Waals surface area contributed by atoms with Gasteiger partial charge in [0.1, 0.15) is 12.1 Å². The number of fused-ring (bicyclic) bond motifs is 12. The highest BCUT2D eigenvalue weighted by atomic mass is 15.0. The maximum Gasteiger partial charge on any atom is 0.103 e. The largest absolute Gasteiger partial charge is 0.309 e.